The van der Waals surface area contributed by atoms with Crippen LogP contribution >= 0.6 is 0 Å². The van der Waals surface area contributed by atoms with Crippen molar-refractivity contribution in [1.29, 1.82) is 0 Å². The largest absolute Gasteiger partial charge is 0.508 e. The number of anilines is 2. The highest BCUT2D eigenvalue weighted by Gasteiger charge is 2.49. The van der Waals surface area contributed by atoms with E-state index in [4.69, 9.17) is 20.2 Å². The molecule has 3 N–H and O–H groups in total. The Hall–Kier alpha value is -4.91. The van der Waals surface area contributed by atoms with Crippen LogP contribution in [0.25, 0.3) is 32.9 Å². The standard InChI is InChI=1S/C37H38F3N7O3/c1-4-24-27(39)7-6-21-13-23(48)14-26(28(21)24)31-30(40)32-29-34(45-36(44-32)50-18-37-8-5-9-46(37)17-22(38)15-37)47(10-11-49-35(29)43-31)20(3)25-12-19(2)16-42-33(25)41/h6-7,12-14,16,20,22,48H,4-5,8-11,15,17-18H2,1-3H3,(H2,41,42)/t20?,22-,37+/m1/s1. The zero-order chi connectivity index (χ0) is 34.9. The first kappa shape index (κ1) is 32.3. The number of hydrogen-bond donors (Lipinski definition) is 2. The molecular formula is C37H38F3N7O3. The number of nitrogens with two attached hydrogens (primary N) is 1. The second-order valence-corrected chi connectivity index (χ2v) is 13.7. The summed E-state index contributed by atoms with van der Waals surface area (Å²) >= 11 is 0. The number of benzene rings is 2. The number of alkyl halides is 1. The number of aromatic nitrogens is 4. The molecule has 10 nitrogen and oxygen atoms in total. The summed E-state index contributed by atoms with van der Waals surface area (Å²) in [6, 6.07) is 7.28. The van der Waals surface area contributed by atoms with Gasteiger partial charge in [-0.3, -0.25) is 4.90 Å². The first-order valence-corrected chi connectivity index (χ1v) is 17.1. The molecule has 3 aliphatic heterocycles. The number of nitrogens with zero attached hydrogens (tertiary/aromatic N) is 6. The summed E-state index contributed by atoms with van der Waals surface area (Å²) in [6.07, 6.45) is 3.12. The smallest absolute Gasteiger partial charge is 0.319 e. The Kier molecular flexibility index (Phi) is 7.85. The van der Waals surface area contributed by atoms with Crippen LogP contribution in [0.3, 0.4) is 0 Å². The summed E-state index contributed by atoms with van der Waals surface area (Å²) in [6.45, 7) is 7.47. The van der Waals surface area contributed by atoms with Gasteiger partial charge >= 0.3 is 6.01 Å². The number of halogens is 3. The van der Waals surface area contributed by atoms with Crippen LogP contribution in [0.4, 0.5) is 24.8 Å². The number of fused-ring (bicyclic) bond motifs is 2. The maximum atomic E-state index is 17.2. The number of rotatable bonds is 7. The Morgan fingerprint density at radius 1 is 1.14 bits per heavy atom. The van der Waals surface area contributed by atoms with Crippen LogP contribution in [0.5, 0.6) is 17.6 Å². The van der Waals surface area contributed by atoms with E-state index in [2.05, 4.69) is 19.9 Å². The second-order valence-electron chi connectivity index (χ2n) is 13.7. The highest BCUT2D eigenvalue weighted by atomic mass is 19.1. The molecule has 3 aromatic heterocycles. The van der Waals surface area contributed by atoms with E-state index in [1.54, 1.807) is 12.3 Å². The summed E-state index contributed by atoms with van der Waals surface area (Å²) in [4.78, 5) is 22.6. The number of nitrogen functional groups attached to an aromatic ring is 1. The molecule has 2 fully saturated rings. The van der Waals surface area contributed by atoms with E-state index in [0.717, 1.165) is 30.5 Å². The fraction of sp³-hybridized carbons (Fsp3) is 0.405. The molecule has 3 atom stereocenters. The normalized spacial score (nSPS) is 21.0. The Balaban J connectivity index is 1.34. The van der Waals surface area contributed by atoms with Gasteiger partial charge in [0.25, 0.3) is 0 Å². The highest BCUT2D eigenvalue weighted by molar-refractivity contribution is 6.03. The van der Waals surface area contributed by atoms with E-state index < -0.39 is 23.3 Å². The van der Waals surface area contributed by atoms with Gasteiger partial charge in [0.15, 0.2) is 5.82 Å². The van der Waals surface area contributed by atoms with Crippen LogP contribution < -0.4 is 20.1 Å². The van der Waals surface area contributed by atoms with Gasteiger partial charge in [0.05, 0.1) is 18.1 Å². The molecule has 13 heteroatoms. The number of ether oxygens (including phenoxy) is 2. The van der Waals surface area contributed by atoms with Gasteiger partial charge in [0.1, 0.15) is 59.2 Å². The summed E-state index contributed by atoms with van der Waals surface area (Å²) in [5, 5.41) is 11.9. The first-order valence-electron chi connectivity index (χ1n) is 17.1. The number of phenolic OH excluding ortho intramolecular Hbond substituents is 1. The van der Waals surface area contributed by atoms with Crippen LogP contribution in [0.15, 0.2) is 36.5 Å². The zero-order valence-corrected chi connectivity index (χ0v) is 28.1. The van der Waals surface area contributed by atoms with Gasteiger partial charge in [-0.05, 0) is 85.8 Å². The number of pyridine rings is 2. The fourth-order valence-corrected chi connectivity index (χ4v) is 8.17. The average Bonchev–Trinajstić information content (AvgIpc) is 3.55. The predicted octanol–water partition coefficient (Wildman–Crippen LogP) is 6.59. The van der Waals surface area contributed by atoms with Gasteiger partial charge in [0.2, 0.25) is 5.88 Å². The number of hydrogen-bond acceptors (Lipinski definition) is 10. The monoisotopic (exact) mass is 685 g/mol. The van der Waals surface area contributed by atoms with Crippen LogP contribution in [-0.2, 0) is 6.42 Å². The maximum absolute atomic E-state index is 17.2. The SMILES string of the molecule is CCc1c(F)ccc2cc(O)cc(-c3nc4c5c(nc(OC[C@@]67CCCN6C[C@H](F)C7)nc5c3F)N(C(C)c3cc(C)cnc3N)CCO4)c12. The van der Waals surface area contributed by atoms with Gasteiger partial charge in [-0.1, -0.05) is 13.0 Å². The molecule has 3 aliphatic rings. The average molecular weight is 686 g/mol. The van der Waals surface area contributed by atoms with Crippen molar-refractivity contribution in [3.8, 4) is 28.9 Å². The minimum Gasteiger partial charge on any atom is -0.508 e. The summed E-state index contributed by atoms with van der Waals surface area (Å²) < 4.78 is 59.5. The molecule has 2 saturated heterocycles. The molecule has 6 heterocycles. The Bertz CT molecular complexity index is 2170. The van der Waals surface area contributed by atoms with E-state index in [-0.39, 0.29) is 59.1 Å². The lowest BCUT2D eigenvalue weighted by molar-refractivity contribution is 0.107. The van der Waals surface area contributed by atoms with E-state index >= 15 is 8.78 Å². The van der Waals surface area contributed by atoms with Gasteiger partial charge in [-0.2, -0.15) is 9.97 Å². The number of aromatic hydroxyl groups is 1. The quantitative estimate of drug-likeness (QED) is 0.194. The lowest BCUT2D eigenvalue weighted by Crippen LogP contribution is -2.43. The molecular weight excluding hydrogens is 647 g/mol. The Morgan fingerprint density at radius 2 is 1.98 bits per heavy atom. The van der Waals surface area contributed by atoms with Crippen molar-refractivity contribution in [2.24, 2.45) is 0 Å². The highest BCUT2D eigenvalue weighted by Crippen LogP contribution is 2.45. The fourth-order valence-electron chi connectivity index (χ4n) is 8.17. The maximum Gasteiger partial charge on any atom is 0.319 e. The van der Waals surface area contributed by atoms with Gasteiger partial charge in [-0.25, -0.2) is 23.1 Å². The molecule has 5 aromatic rings. The molecule has 1 unspecified atom stereocenters. The Labute approximate surface area is 287 Å². The minimum atomic E-state index is -0.952. The molecule has 2 aromatic carbocycles. The minimum absolute atomic E-state index is 0.0754. The van der Waals surface area contributed by atoms with Gasteiger partial charge < -0.3 is 25.2 Å². The number of aryl methyl sites for hydroxylation is 2. The summed E-state index contributed by atoms with van der Waals surface area (Å²) in [5.41, 5.74) is 7.85. The topological polar surface area (TPSA) is 123 Å². The van der Waals surface area contributed by atoms with Crippen molar-refractivity contribution >= 4 is 33.3 Å². The van der Waals surface area contributed by atoms with Crippen LogP contribution in [0.1, 0.15) is 55.8 Å². The van der Waals surface area contributed by atoms with Crippen molar-refractivity contribution < 1.29 is 27.8 Å². The molecule has 0 saturated carbocycles. The molecule has 260 valence electrons. The third-order valence-corrected chi connectivity index (χ3v) is 10.6. The van der Waals surface area contributed by atoms with Crippen molar-refractivity contribution in [1.82, 2.24) is 24.8 Å². The molecule has 50 heavy (non-hydrogen) atoms. The van der Waals surface area contributed by atoms with E-state index in [0.29, 0.717) is 53.9 Å². The molecule has 0 radical (unpaired) electrons. The zero-order valence-electron chi connectivity index (χ0n) is 28.1. The third kappa shape index (κ3) is 5.21. The van der Waals surface area contributed by atoms with E-state index in [9.17, 15) is 9.50 Å². The predicted molar refractivity (Wildman–Crippen MR) is 184 cm³/mol. The molecule has 0 amide bonds. The van der Waals surface area contributed by atoms with E-state index in [1.165, 1.54) is 18.2 Å². The molecule has 0 aliphatic carbocycles. The molecule has 0 spiro atoms. The summed E-state index contributed by atoms with van der Waals surface area (Å²) in [7, 11) is 0. The third-order valence-electron chi connectivity index (χ3n) is 10.6. The molecule has 8 rings (SSSR count). The van der Waals surface area contributed by atoms with Crippen LogP contribution in [0, 0.1) is 18.6 Å². The van der Waals surface area contributed by atoms with Crippen LogP contribution in [-0.4, -0.2) is 74.5 Å². The number of phenols is 1. The van der Waals surface area contributed by atoms with Crippen molar-refractivity contribution in [2.45, 2.75) is 64.2 Å². The van der Waals surface area contributed by atoms with Crippen molar-refractivity contribution in [3.05, 3.63) is 64.9 Å². The van der Waals surface area contributed by atoms with E-state index in [1.807, 2.05) is 31.7 Å². The molecule has 0 bridgehead atoms. The Morgan fingerprint density at radius 3 is 2.80 bits per heavy atom. The van der Waals surface area contributed by atoms with Crippen molar-refractivity contribution in [3.63, 3.8) is 0 Å². The lowest BCUT2D eigenvalue weighted by Gasteiger charge is -2.32. The van der Waals surface area contributed by atoms with Gasteiger partial charge in [0, 0.05) is 30.3 Å². The second kappa shape index (κ2) is 12.1. The van der Waals surface area contributed by atoms with Crippen LogP contribution in [0.2, 0.25) is 0 Å². The first-order chi connectivity index (χ1) is 24.1. The summed E-state index contributed by atoms with van der Waals surface area (Å²) in [5.74, 6) is -0.608. The van der Waals surface area contributed by atoms with Gasteiger partial charge in [-0.15, -0.1) is 0 Å². The van der Waals surface area contributed by atoms with Crippen molar-refractivity contribution in [2.75, 3.05) is 43.5 Å². The lowest BCUT2D eigenvalue weighted by atomic mass is 9.94.